The number of methoxy groups -OCH3 is 1. The zero-order valence-electron chi connectivity index (χ0n) is 18.8. The standard InChI is InChI=1S/C24H32N6O/c1-5-27-12-9-19(8-11-25-2)29-23-15-18(22-10-13-28-24(26-3)30-22)14-17-6-7-20(31-4)16-21(17)23/h5-7,10,13-16,19,25,29H,8-9,11-12H2,1-4H3,(H,26,28,30). The molecule has 0 saturated heterocycles. The first-order valence-electron chi connectivity index (χ1n) is 10.7. The van der Waals surface area contributed by atoms with Crippen molar-refractivity contribution in [1.82, 2.24) is 15.3 Å². The Bertz CT molecular complexity index is 1020. The van der Waals surface area contributed by atoms with Gasteiger partial charge in [-0.3, -0.25) is 4.99 Å². The van der Waals surface area contributed by atoms with Crippen LogP contribution in [0.1, 0.15) is 19.8 Å². The van der Waals surface area contributed by atoms with Crippen molar-refractivity contribution in [2.75, 3.05) is 44.9 Å². The maximum absolute atomic E-state index is 5.49. The summed E-state index contributed by atoms with van der Waals surface area (Å²) in [6.45, 7) is 3.70. The van der Waals surface area contributed by atoms with E-state index in [-0.39, 0.29) is 0 Å². The van der Waals surface area contributed by atoms with Crippen molar-refractivity contribution in [2.24, 2.45) is 4.99 Å². The Morgan fingerprint density at radius 3 is 2.74 bits per heavy atom. The van der Waals surface area contributed by atoms with Crippen LogP contribution in [0.5, 0.6) is 5.75 Å². The molecule has 164 valence electrons. The van der Waals surface area contributed by atoms with Crippen molar-refractivity contribution in [3.8, 4) is 17.0 Å². The van der Waals surface area contributed by atoms with E-state index >= 15 is 0 Å². The molecular formula is C24H32N6O. The van der Waals surface area contributed by atoms with Gasteiger partial charge in [0, 0.05) is 42.5 Å². The Hall–Kier alpha value is -3.19. The number of nitrogens with one attached hydrogen (secondary N) is 3. The van der Waals surface area contributed by atoms with Gasteiger partial charge in [-0.1, -0.05) is 6.07 Å². The highest BCUT2D eigenvalue weighted by Gasteiger charge is 2.13. The molecule has 0 aliphatic heterocycles. The fourth-order valence-electron chi connectivity index (χ4n) is 3.56. The van der Waals surface area contributed by atoms with Gasteiger partial charge in [-0.15, -0.1) is 0 Å². The van der Waals surface area contributed by atoms with Gasteiger partial charge in [0.25, 0.3) is 0 Å². The molecule has 0 amide bonds. The minimum absolute atomic E-state index is 0.291. The van der Waals surface area contributed by atoms with Crippen LogP contribution in [0.15, 0.2) is 47.6 Å². The SMILES string of the molecule is CC=NCCC(CCNC)Nc1cc(-c2ccnc(NC)n2)cc2ccc(OC)cc12. The average Bonchev–Trinajstić information content (AvgIpc) is 2.82. The number of anilines is 2. The lowest BCUT2D eigenvalue weighted by Crippen LogP contribution is -2.25. The van der Waals surface area contributed by atoms with E-state index in [2.05, 4.69) is 55.2 Å². The van der Waals surface area contributed by atoms with Crippen molar-refractivity contribution in [3.05, 3.63) is 42.6 Å². The molecule has 7 heteroatoms. The van der Waals surface area contributed by atoms with Crippen LogP contribution >= 0.6 is 0 Å². The lowest BCUT2D eigenvalue weighted by atomic mass is 10.0. The van der Waals surface area contributed by atoms with Gasteiger partial charge in [-0.05, 0) is 75.3 Å². The molecule has 0 fully saturated rings. The maximum Gasteiger partial charge on any atom is 0.222 e. The zero-order valence-corrected chi connectivity index (χ0v) is 18.8. The maximum atomic E-state index is 5.49. The molecule has 7 nitrogen and oxygen atoms in total. The second-order valence-electron chi connectivity index (χ2n) is 7.31. The van der Waals surface area contributed by atoms with E-state index in [0.29, 0.717) is 12.0 Å². The predicted molar refractivity (Wildman–Crippen MR) is 131 cm³/mol. The number of nitrogens with zero attached hydrogens (tertiary/aromatic N) is 3. The summed E-state index contributed by atoms with van der Waals surface area (Å²) in [6, 6.07) is 12.7. The normalized spacial score (nSPS) is 12.3. The molecule has 0 radical (unpaired) electrons. The zero-order chi connectivity index (χ0) is 22.1. The Balaban J connectivity index is 2.04. The van der Waals surface area contributed by atoms with Gasteiger partial charge in [0.2, 0.25) is 5.95 Å². The smallest absolute Gasteiger partial charge is 0.222 e. The summed E-state index contributed by atoms with van der Waals surface area (Å²) in [4.78, 5) is 13.3. The number of rotatable bonds is 11. The lowest BCUT2D eigenvalue weighted by molar-refractivity contribution is 0.415. The molecule has 2 aromatic carbocycles. The molecule has 0 aliphatic rings. The Labute approximate surface area is 184 Å². The number of aromatic nitrogens is 2. The summed E-state index contributed by atoms with van der Waals surface area (Å²) >= 11 is 0. The third-order valence-electron chi connectivity index (χ3n) is 5.23. The van der Waals surface area contributed by atoms with E-state index in [1.165, 1.54) is 0 Å². The number of benzene rings is 2. The fourth-order valence-corrected chi connectivity index (χ4v) is 3.56. The monoisotopic (exact) mass is 420 g/mol. The van der Waals surface area contributed by atoms with Gasteiger partial charge in [-0.2, -0.15) is 0 Å². The second-order valence-corrected chi connectivity index (χ2v) is 7.31. The third-order valence-corrected chi connectivity index (χ3v) is 5.23. The largest absolute Gasteiger partial charge is 0.497 e. The summed E-state index contributed by atoms with van der Waals surface area (Å²) < 4.78 is 5.49. The predicted octanol–water partition coefficient (Wildman–Crippen LogP) is 4.22. The molecule has 31 heavy (non-hydrogen) atoms. The molecule has 1 atom stereocenters. The van der Waals surface area contributed by atoms with Crippen LogP contribution in [0.4, 0.5) is 11.6 Å². The van der Waals surface area contributed by atoms with Crippen molar-refractivity contribution in [3.63, 3.8) is 0 Å². The number of hydrogen-bond donors (Lipinski definition) is 3. The molecule has 3 aromatic rings. The molecule has 0 saturated carbocycles. The van der Waals surface area contributed by atoms with Crippen LogP contribution in [-0.4, -0.2) is 56.5 Å². The van der Waals surface area contributed by atoms with Crippen LogP contribution in [-0.2, 0) is 0 Å². The van der Waals surface area contributed by atoms with Gasteiger partial charge in [0.1, 0.15) is 5.75 Å². The van der Waals surface area contributed by atoms with E-state index in [4.69, 9.17) is 4.74 Å². The van der Waals surface area contributed by atoms with Gasteiger partial charge in [0.15, 0.2) is 0 Å². The van der Waals surface area contributed by atoms with Crippen LogP contribution in [0, 0.1) is 0 Å². The second kappa shape index (κ2) is 11.3. The molecule has 0 aliphatic carbocycles. The van der Waals surface area contributed by atoms with Gasteiger partial charge in [-0.25, -0.2) is 9.97 Å². The molecule has 1 heterocycles. The highest BCUT2D eigenvalue weighted by molar-refractivity contribution is 5.98. The molecule has 3 N–H and O–H groups in total. The quantitative estimate of drug-likeness (QED) is 0.403. The van der Waals surface area contributed by atoms with E-state index in [1.807, 2.05) is 39.4 Å². The summed E-state index contributed by atoms with van der Waals surface area (Å²) in [5.41, 5.74) is 2.98. The minimum Gasteiger partial charge on any atom is -0.497 e. The lowest BCUT2D eigenvalue weighted by Gasteiger charge is -2.21. The Morgan fingerprint density at radius 1 is 1.13 bits per heavy atom. The third kappa shape index (κ3) is 5.92. The first-order valence-corrected chi connectivity index (χ1v) is 10.7. The molecule has 1 unspecified atom stereocenters. The van der Waals surface area contributed by atoms with Crippen LogP contribution in [0.2, 0.25) is 0 Å². The summed E-state index contributed by atoms with van der Waals surface area (Å²) in [5, 5.41) is 12.3. The molecule has 1 aromatic heterocycles. The van der Waals surface area contributed by atoms with Crippen LogP contribution in [0.25, 0.3) is 22.0 Å². The molecular weight excluding hydrogens is 388 g/mol. The van der Waals surface area contributed by atoms with Gasteiger partial charge < -0.3 is 20.7 Å². The first-order chi connectivity index (χ1) is 15.2. The van der Waals surface area contributed by atoms with Crippen molar-refractivity contribution >= 4 is 28.6 Å². The van der Waals surface area contributed by atoms with Gasteiger partial charge in [0.05, 0.1) is 12.8 Å². The van der Waals surface area contributed by atoms with Gasteiger partial charge >= 0.3 is 0 Å². The van der Waals surface area contributed by atoms with Crippen LogP contribution in [0.3, 0.4) is 0 Å². The fraction of sp³-hybridized carbons (Fsp3) is 0.375. The minimum atomic E-state index is 0.291. The van der Waals surface area contributed by atoms with Crippen molar-refractivity contribution < 1.29 is 4.74 Å². The summed E-state index contributed by atoms with van der Waals surface area (Å²) in [7, 11) is 5.50. The number of aliphatic imine (C=N–C) groups is 1. The number of fused-ring (bicyclic) bond motifs is 1. The topological polar surface area (TPSA) is 83.5 Å². The molecule has 0 bridgehead atoms. The van der Waals surface area contributed by atoms with Crippen LogP contribution < -0.4 is 20.7 Å². The highest BCUT2D eigenvalue weighted by Crippen LogP contribution is 2.33. The number of hydrogen-bond acceptors (Lipinski definition) is 7. The highest BCUT2D eigenvalue weighted by atomic mass is 16.5. The van der Waals surface area contributed by atoms with Crippen molar-refractivity contribution in [2.45, 2.75) is 25.8 Å². The van der Waals surface area contributed by atoms with E-state index in [9.17, 15) is 0 Å². The average molecular weight is 421 g/mol. The number of ether oxygens (including phenoxy) is 1. The molecule has 0 spiro atoms. The Morgan fingerprint density at radius 2 is 2.00 bits per heavy atom. The molecule has 3 rings (SSSR count). The Kier molecular flexibility index (Phi) is 8.18. The van der Waals surface area contributed by atoms with E-state index in [0.717, 1.165) is 59.4 Å². The van der Waals surface area contributed by atoms with E-state index in [1.54, 1.807) is 13.3 Å². The summed E-state index contributed by atoms with van der Waals surface area (Å²) in [5.74, 6) is 1.44. The first kappa shape index (κ1) is 22.5. The van der Waals surface area contributed by atoms with Crippen molar-refractivity contribution in [1.29, 1.82) is 0 Å². The summed E-state index contributed by atoms with van der Waals surface area (Å²) in [6.07, 6.45) is 5.60. The van der Waals surface area contributed by atoms with E-state index < -0.39 is 0 Å².